The Labute approximate surface area is 167 Å². The van der Waals surface area contributed by atoms with Crippen LogP contribution in [0.1, 0.15) is 37.4 Å². The van der Waals surface area contributed by atoms with Crippen molar-refractivity contribution >= 4 is 23.6 Å². The lowest BCUT2D eigenvalue weighted by Crippen LogP contribution is -2.30. The number of carbonyl (C=O) groups is 2. The number of nitrogens with one attached hydrogen (secondary N) is 1. The highest BCUT2D eigenvalue weighted by Gasteiger charge is 2.26. The number of rotatable bonds is 8. The maximum atomic E-state index is 13.0. The molecule has 0 aliphatic heterocycles. The predicted molar refractivity (Wildman–Crippen MR) is 105 cm³/mol. The van der Waals surface area contributed by atoms with Crippen molar-refractivity contribution in [1.82, 2.24) is 5.32 Å². The number of halogens is 1. The highest BCUT2D eigenvalue weighted by molar-refractivity contribution is 5.92. The standard InChI is InChI=1S/C21H21FN2O5/c1-14(2)29-21(26)13-18(17-5-3-4-6-19(17)24(27)28)23-20(25)12-9-15-7-10-16(22)11-8-15/h3-12,14,18H,13H2,1-2H3,(H,23,25)/b12-9+. The number of ether oxygens (including phenoxy) is 1. The second-order valence-electron chi connectivity index (χ2n) is 6.50. The fourth-order valence-electron chi connectivity index (χ4n) is 2.63. The third-order valence-corrected chi connectivity index (χ3v) is 3.86. The number of nitro groups is 1. The maximum absolute atomic E-state index is 13.0. The number of esters is 1. The number of nitro benzene ring substituents is 1. The third kappa shape index (κ3) is 6.84. The first-order valence-electron chi connectivity index (χ1n) is 8.93. The summed E-state index contributed by atoms with van der Waals surface area (Å²) in [7, 11) is 0. The van der Waals surface area contributed by atoms with Crippen LogP contribution in [0.5, 0.6) is 0 Å². The molecule has 2 aromatic rings. The van der Waals surface area contributed by atoms with Gasteiger partial charge < -0.3 is 10.1 Å². The molecule has 0 heterocycles. The van der Waals surface area contributed by atoms with Gasteiger partial charge >= 0.3 is 5.97 Å². The second kappa shape index (κ2) is 10.1. The number of amides is 1. The first-order valence-corrected chi connectivity index (χ1v) is 8.93. The van der Waals surface area contributed by atoms with E-state index in [0.29, 0.717) is 5.56 Å². The lowest BCUT2D eigenvalue weighted by molar-refractivity contribution is -0.385. The number of nitrogens with zero attached hydrogens (tertiary/aromatic N) is 1. The average molecular weight is 400 g/mol. The minimum Gasteiger partial charge on any atom is -0.463 e. The van der Waals surface area contributed by atoms with Crippen molar-refractivity contribution in [2.45, 2.75) is 32.4 Å². The highest BCUT2D eigenvalue weighted by Crippen LogP contribution is 2.27. The molecule has 1 amide bonds. The summed E-state index contributed by atoms with van der Waals surface area (Å²) in [5, 5.41) is 14.0. The summed E-state index contributed by atoms with van der Waals surface area (Å²) in [6.07, 6.45) is 2.06. The van der Waals surface area contributed by atoms with E-state index in [-0.39, 0.29) is 23.8 Å². The monoisotopic (exact) mass is 400 g/mol. The Morgan fingerprint density at radius 1 is 1.17 bits per heavy atom. The Bertz CT molecular complexity index is 910. The van der Waals surface area contributed by atoms with E-state index in [9.17, 15) is 24.1 Å². The summed E-state index contributed by atoms with van der Waals surface area (Å²) in [5.74, 6) is -1.55. The van der Waals surface area contributed by atoms with Gasteiger partial charge in [0.15, 0.2) is 0 Å². The van der Waals surface area contributed by atoms with Gasteiger partial charge in [0.05, 0.1) is 29.1 Å². The Balaban J connectivity index is 2.23. The molecule has 0 saturated carbocycles. The van der Waals surface area contributed by atoms with Gasteiger partial charge in [-0.15, -0.1) is 0 Å². The van der Waals surface area contributed by atoms with E-state index in [2.05, 4.69) is 5.32 Å². The molecular weight excluding hydrogens is 379 g/mol. The molecule has 152 valence electrons. The zero-order valence-corrected chi connectivity index (χ0v) is 16.0. The summed E-state index contributed by atoms with van der Waals surface area (Å²) in [6.45, 7) is 3.36. The lowest BCUT2D eigenvalue weighted by atomic mass is 10.0. The van der Waals surface area contributed by atoms with Crippen molar-refractivity contribution < 1.29 is 23.6 Å². The van der Waals surface area contributed by atoms with Crippen molar-refractivity contribution in [3.8, 4) is 0 Å². The summed E-state index contributed by atoms with van der Waals surface area (Å²) in [4.78, 5) is 35.2. The van der Waals surface area contributed by atoms with Crippen LogP contribution in [0, 0.1) is 15.9 Å². The van der Waals surface area contributed by atoms with Crippen LogP contribution in [-0.4, -0.2) is 22.9 Å². The minimum absolute atomic E-state index is 0.196. The number of para-hydroxylation sites is 1. The topological polar surface area (TPSA) is 98.5 Å². The molecule has 0 radical (unpaired) electrons. The molecule has 2 rings (SSSR count). The second-order valence-corrected chi connectivity index (χ2v) is 6.50. The summed E-state index contributed by atoms with van der Waals surface area (Å²) >= 11 is 0. The van der Waals surface area contributed by atoms with Crippen molar-refractivity contribution in [3.63, 3.8) is 0 Å². The molecule has 0 aliphatic carbocycles. The average Bonchev–Trinajstić information content (AvgIpc) is 2.66. The van der Waals surface area contributed by atoms with Crippen LogP contribution in [0.15, 0.2) is 54.6 Å². The first kappa shape index (κ1) is 21.7. The largest absolute Gasteiger partial charge is 0.463 e. The molecular formula is C21H21FN2O5. The SMILES string of the molecule is CC(C)OC(=O)CC(NC(=O)/C=C/c1ccc(F)cc1)c1ccccc1[N+](=O)[O-]. The van der Waals surface area contributed by atoms with Gasteiger partial charge in [0, 0.05) is 12.1 Å². The van der Waals surface area contributed by atoms with Gasteiger partial charge in [-0.05, 0) is 37.6 Å². The van der Waals surface area contributed by atoms with Gasteiger partial charge in [-0.3, -0.25) is 19.7 Å². The Morgan fingerprint density at radius 3 is 2.45 bits per heavy atom. The van der Waals surface area contributed by atoms with Crippen LogP contribution >= 0.6 is 0 Å². The number of hydrogen-bond donors (Lipinski definition) is 1. The van der Waals surface area contributed by atoms with Gasteiger partial charge in [0.25, 0.3) is 5.69 Å². The smallest absolute Gasteiger partial charge is 0.308 e. The summed E-state index contributed by atoms with van der Waals surface area (Å²) < 4.78 is 18.1. The van der Waals surface area contributed by atoms with Crippen molar-refractivity contribution in [1.29, 1.82) is 0 Å². The molecule has 1 N–H and O–H groups in total. The summed E-state index contributed by atoms with van der Waals surface area (Å²) in [6, 6.07) is 10.4. The van der Waals surface area contributed by atoms with Crippen LogP contribution in [0.25, 0.3) is 6.08 Å². The molecule has 29 heavy (non-hydrogen) atoms. The van der Waals surface area contributed by atoms with Gasteiger partial charge in [0.2, 0.25) is 5.91 Å². The third-order valence-electron chi connectivity index (χ3n) is 3.86. The predicted octanol–water partition coefficient (Wildman–Crippen LogP) is 3.95. The van der Waals surface area contributed by atoms with Crippen LogP contribution in [-0.2, 0) is 14.3 Å². The van der Waals surface area contributed by atoms with E-state index in [1.807, 2.05) is 0 Å². The van der Waals surface area contributed by atoms with Gasteiger partial charge in [-0.25, -0.2) is 4.39 Å². The molecule has 0 saturated heterocycles. The van der Waals surface area contributed by atoms with Gasteiger partial charge in [-0.2, -0.15) is 0 Å². The van der Waals surface area contributed by atoms with Crippen LogP contribution in [0.3, 0.4) is 0 Å². The number of hydrogen-bond acceptors (Lipinski definition) is 5. The molecule has 0 aliphatic rings. The van der Waals surface area contributed by atoms with Gasteiger partial charge in [-0.1, -0.05) is 30.3 Å². The Morgan fingerprint density at radius 2 is 1.83 bits per heavy atom. The zero-order valence-electron chi connectivity index (χ0n) is 16.0. The molecule has 7 nitrogen and oxygen atoms in total. The van der Waals surface area contributed by atoms with Crippen molar-refractivity contribution in [2.75, 3.05) is 0 Å². The molecule has 1 unspecified atom stereocenters. The first-order chi connectivity index (χ1) is 13.8. The normalized spacial score (nSPS) is 12.0. The molecule has 8 heteroatoms. The Hall–Kier alpha value is -3.55. The zero-order chi connectivity index (χ0) is 21.4. The van der Waals surface area contributed by atoms with E-state index in [1.165, 1.54) is 54.6 Å². The van der Waals surface area contributed by atoms with Crippen molar-refractivity contribution in [2.24, 2.45) is 0 Å². The maximum Gasteiger partial charge on any atom is 0.308 e. The van der Waals surface area contributed by atoms with Crippen LogP contribution < -0.4 is 5.32 Å². The van der Waals surface area contributed by atoms with Crippen molar-refractivity contribution in [3.05, 3.63) is 81.7 Å². The minimum atomic E-state index is -0.951. The van der Waals surface area contributed by atoms with E-state index >= 15 is 0 Å². The fourth-order valence-corrected chi connectivity index (χ4v) is 2.63. The Kier molecular flexibility index (Phi) is 7.59. The summed E-state index contributed by atoms with van der Waals surface area (Å²) in [5.41, 5.74) is 0.586. The van der Waals surface area contributed by atoms with E-state index < -0.39 is 28.7 Å². The van der Waals surface area contributed by atoms with E-state index in [0.717, 1.165) is 0 Å². The fraction of sp³-hybridized carbons (Fsp3) is 0.238. The van der Waals surface area contributed by atoms with E-state index in [4.69, 9.17) is 4.74 Å². The molecule has 0 fully saturated rings. The molecule has 0 aromatic heterocycles. The lowest BCUT2D eigenvalue weighted by Gasteiger charge is -2.18. The van der Waals surface area contributed by atoms with Crippen LogP contribution in [0.4, 0.5) is 10.1 Å². The highest BCUT2D eigenvalue weighted by atomic mass is 19.1. The molecule has 2 aromatic carbocycles. The molecule has 1 atom stereocenters. The van der Waals surface area contributed by atoms with Crippen LogP contribution in [0.2, 0.25) is 0 Å². The number of benzene rings is 2. The number of carbonyl (C=O) groups excluding carboxylic acids is 2. The molecule has 0 spiro atoms. The molecule has 0 bridgehead atoms. The van der Waals surface area contributed by atoms with E-state index in [1.54, 1.807) is 19.9 Å². The van der Waals surface area contributed by atoms with Gasteiger partial charge in [0.1, 0.15) is 5.82 Å². The quantitative estimate of drug-likeness (QED) is 0.313.